The van der Waals surface area contributed by atoms with Crippen LogP contribution in [-0.4, -0.2) is 10.9 Å². The zero-order valence-electron chi connectivity index (χ0n) is 13.4. The first-order valence-corrected chi connectivity index (χ1v) is 7.72. The predicted molar refractivity (Wildman–Crippen MR) is 94.1 cm³/mol. The quantitative estimate of drug-likeness (QED) is 0.766. The number of aryl methyl sites for hydroxylation is 1. The highest BCUT2D eigenvalue weighted by Crippen LogP contribution is 2.22. The molecule has 0 radical (unpaired) electrons. The smallest absolute Gasteiger partial charge is 0.255 e. The summed E-state index contributed by atoms with van der Waals surface area (Å²) in [6.45, 7) is 2.43. The van der Waals surface area contributed by atoms with Crippen LogP contribution in [0.1, 0.15) is 21.5 Å². The molecule has 0 atom stereocenters. The number of hydrogen-bond acceptors (Lipinski definition) is 3. The first kappa shape index (κ1) is 15.7. The van der Waals surface area contributed by atoms with Gasteiger partial charge in [0.2, 0.25) is 5.88 Å². The van der Waals surface area contributed by atoms with Gasteiger partial charge in [0.15, 0.2) is 0 Å². The van der Waals surface area contributed by atoms with Crippen molar-refractivity contribution >= 4 is 11.6 Å². The SMILES string of the molecule is Cc1cccc(COc2ncccc2NC(=O)c2ccccc2)c1. The summed E-state index contributed by atoms with van der Waals surface area (Å²) in [5.74, 6) is 0.215. The van der Waals surface area contributed by atoms with E-state index in [0.717, 1.165) is 5.56 Å². The zero-order chi connectivity index (χ0) is 16.8. The van der Waals surface area contributed by atoms with E-state index in [1.807, 2.05) is 43.3 Å². The number of nitrogens with one attached hydrogen (secondary N) is 1. The van der Waals surface area contributed by atoms with E-state index < -0.39 is 0 Å². The molecule has 0 aliphatic rings. The van der Waals surface area contributed by atoms with Crippen molar-refractivity contribution in [1.29, 1.82) is 0 Å². The highest BCUT2D eigenvalue weighted by atomic mass is 16.5. The van der Waals surface area contributed by atoms with Gasteiger partial charge in [-0.3, -0.25) is 4.79 Å². The van der Waals surface area contributed by atoms with Crippen LogP contribution in [0.25, 0.3) is 0 Å². The normalized spacial score (nSPS) is 10.2. The molecule has 1 aromatic heterocycles. The van der Waals surface area contributed by atoms with Crippen LogP contribution in [0.5, 0.6) is 5.88 Å². The number of ether oxygens (including phenoxy) is 1. The number of nitrogens with zero attached hydrogens (tertiary/aromatic N) is 1. The monoisotopic (exact) mass is 318 g/mol. The van der Waals surface area contributed by atoms with E-state index in [2.05, 4.69) is 16.4 Å². The third-order valence-electron chi connectivity index (χ3n) is 3.51. The second kappa shape index (κ2) is 7.42. The molecule has 3 aromatic rings. The Morgan fingerprint density at radius 3 is 2.67 bits per heavy atom. The van der Waals surface area contributed by atoms with Crippen LogP contribution in [-0.2, 0) is 6.61 Å². The van der Waals surface area contributed by atoms with Gasteiger partial charge in [-0.05, 0) is 36.8 Å². The zero-order valence-corrected chi connectivity index (χ0v) is 13.4. The third-order valence-corrected chi connectivity index (χ3v) is 3.51. The van der Waals surface area contributed by atoms with Gasteiger partial charge in [-0.1, -0.05) is 48.0 Å². The number of carbonyl (C=O) groups is 1. The molecular weight excluding hydrogens is 300 g/mol. The Labute approximate surface area is 141 Å². The molecule has 0 aliphatic heterocycles. The number of aromatic nitrogens is 1. The Hall–Kier alpha value is -3.14. The molecule has 3 rings (SSSR count). The second-order valence-electron chi connectivity index (χ2n) is 5.45. The average molecular weight is 318 g/mol. The van der Waals surface area contributed by atoms with Crippen molar-refractivity contribution in [3.63, 3.8) is 0 Å². The fourth-order valence-corrected chi connectivity index (χ4v) is 2.34. The Balaban J connectivity index is 1.72. The number of pyridine rings is 1. The van der Waals surface area contributed by atoms with Crippen LogP contribution in [0.15, 0.2) is 72.9 Å². The van der Waals surface area contributed by atoms with Crippen molar-refractivity contribution < 1.29 is 9.53 Å². The fourth-order valence-electron chi connectivity index (χ4n) is 2.34. The van der Waals surface area contributed by atoms with Gasteiger partial charge in [0.1, 0.15) is 12.3 Å². The van der Waals surface area contributed by atoms with Gasteiger partial charge in [0.05, 0.1) is 0 Å². The van der Waals surface area contributed by atoms with Gasteiger partial charge >= 0.3 is 0 Å². The summed E-state index contributed by atoms with van der Waals surface area (Å²) < 4.78 is 5.79. The maximum Gasteiger partial charge on any atom is 0.255 e. The molecule has 1 amide bonds. The summed E-state index contributed by atoms with van der Waals surface area (Å²) in [5, 5.41) is 2.85. The summed E-state index contributed by atoms with van der Waals surface area (Å²) in [7, 11) is 0. The molecule has 0 aliphatic carbocycles. The predicted octanol–water partition coefficient (Wildman–Crippen LogP) is 4.22. The molecule has 1 heterocycles. The van der Waals surface area contributed by atoms with Crippen LogP contribution in [0, 0.1) is 6.92 Å². The molecule has 0 saturated heterocycles. The third kappa shape index (κ3) is 3.98. The Morgan fingerprint density at radius 2 is 1.88 bits per heavy atom. The van der Waals surface area contributed by atoms with Crippen LogP contribution >= 0.6 is 0 Å². The van der Waals surface area contributed by atoms with E-state index in [9.17, 15) is 4.79 Å². The van der Waals surface area contributed by atoms with Crippen molar-refractivity contribution in [1.82, 2.24) is 4.98 Å². The van der Waals surface area contributed by atoms with Gasteiger partial charge in [-0.15, -0.1) is 0 Å². The minimum Gasteiger partial charge on any atom is -0.471 e. The van der Waals surface area contributed by atoms with Crippen molar-refractivity contribution in [3.05, 3.63) is 89.6 Å². The topological polar surface area (TPSA) is 51.2 Å². The minimum atomic E-state index is -0.191. The van der Waals surface area contributed by atoms with Crippen molar-refractivity contribution in [2.75, 3.05) is 5.32 Å². The standard InChI is InChI=1S/C20H18N2O2/c1-15-7-5-8-16(13-15)14-24-20-18(11-6-12-21-20)22-19(23)17-9-3-2-4-10-17/h2-13H,14H2,1H3,(H,22,23). The Bertz CT molecular complexity index is 832. The average Bonchev–Trinajstić information content (AvgIpc) is 2.62. The molecular formula is C20H18N2O2. The lowest BCUT2D eigenvalue weighted by atomic mass is 10.1. The molecule has 0 saturated carbocycles. The van der Waals surface area contributed by atoms with Gasteiger partial charge in [-0.25, -0.2) is 4.98 Å². The van der Waals surface area contributed by atoms with E-state index in [0.29, 0.717) is 23.7 Å². The molecule has 2 aromatic carbocycles. The molecule has 24 heavy (non-hydrogen) atoms. The summed E-state index contributed by atoms with van der Waals surface area (Å²) in [6.07, 6.45) is 1.64. The first-order chi connectivity index (χ1) is 11.7. The second-order valence-corrected chi connectivity index (χ2v) is 5.45. The largest absolute Gasteiger partial charge is 0.471 e. The van der Waals surface area contributed by atoms with Crippen molar-refractivity contribution in [2.24, 2.45) is 0 Å². The van der Waals surface area contributed by atoms with E-state index in [1.165, 1.54) is 5.56 Å². The van der Waals surface area contributed by atoms with Crippen LogP contribution in [0.4, 0.5) is 5.69 Å². The number of hydrogen-bond donors (Lipinski definition) is 1. The molecule has 0 spiro atoms. The lowest BCUT2D eigenvalue weighted by Crippen LogP contribution is -2.13. The van der Waals surface area contributed by atoms with E-state index in [4.69, 9.17) is 4.74 Å². The van der Waals surface area contributed by atoms with E-state index in [1.54, 1.807) is 30.5 Å². The van der Waals surface area contributed by atoms with Crippen LogP contribution < -0.4 is 10.1 Å². The Kier molecular flexibility index (Phi) is 4.87. The Morgan fingerprint density at radius 1 is 1.04 bits per heavy atom. The fraction of sp³-hybridized carbons (Fsp3) is 0.100. The van der Waals surface area contributed by atoms with Crippen molar-refractivity contribution in [2.45, 2.75) is 13.5 Å². The lowest BCUT2D eigenvalue weighted by molar-refractivity contribution is 0.102. The van der Waals surface area contributed by atoms with Gasteiger partial charge in [0.25, 0.3) is 5.91 Å². The molecule has 120 valence electrons. The minimum absolute atomic E-state index is 0.191. The van der Waals surface area contributed by atoms with Crippen LogP contribution in [0.3, 0.4) is 0 Å². The maximum absolute atomic E-state index is 12.3. The molecule has 0 fully saturated rings. The molecule has 0 bridgehead atoms. The molecule has 0 unspecified atom stereocenters. The van der Waals surface area contributed by atoms with Crippen LogP contribution in [0.2, 0.25) is 0 Å². The maximum atomic E-state index is 12.3. The number of carbonyl (C=O) groups excluding carboxylic acids is 1. The lowest BCUT2D eigenvalue weighted by Gasteiger charge is -2.11. The summed E-state index contributed by atoms with van der Waals surface area (Å²) in [4.78, 5) is 16.5. The number of amides is 1. The van der Waals surface area contributed by atoms with Gasteiger partial charge in [0, 0.05) is 11.8 Å². The summed E-state index contributed by atoms with van der Waals surface area (Å²) in [6, 6.07) is 20.7. The number of benzene rings is 2. The van der Waals surface area contributed by atoms with Crippen molar-refractivity contribution in [3.8, 4) is 5.88 Å². The van der Waals surface area contributed by atoms with E-state index >= 15 is 0 Å². The highest BCUT2D eigenvalue weighted by molar-refractivity contribution is 6.04. The van der Waals surface area contributed by atoms with Gasteiger partial charge < -0.3 is 10.1 Å². The summed E-state index contributed by atoms with van der Waals surface area (Å²) in [5.41, 5.74) is 3.38. The highest BCUT2D eigenvalue weighted by Gasteiger charge is 2.10. The van der Waals surface area contributed by atoms with E-state index in [-0.39, 0.29) is 5.91 Å². The first-order valence-electron chi connectivity index (χ1n) is 7.72. The number of rotatable bonds is 5. The molecule has 4 heteroatoms. The van der Waals surface area contributed by atoms with Gasteiger partial charge in [-0.2, -0.15) is 0 Å². The molecule has 1 N–H and O–H groups in total. The molecule has 4 nitrogen and oxygen atoms in total. The summed E-state index contributed by atoms with van der Waals surface area (Å²) >= 11 is 0. The number of anilines is 1.